The third kappa shape index (κ3) is 3.93. The van der Waals surface area contributed by atoms with Crippen LogP contribution in [0.2, 0.25) is 0 Å². The normalized spacial score (nSPS) is 10.1. The van der Waals surface area contributed by atoms with Crippen LogP contribution >= 0.6 is 11.6 Å². The van der Waals surface area contributed by atoms with Crippen molar-refractivity contribution in [2.24, 2.45) is 0 Å². The highest BCUT2D eigenvalue weighted by molar-refractivity contribution is 6.17. The summed E-state index contributed by atoms with van der Waals surface area (Å²) in [5.74, 6) is 0.843. The van der Waals surface area contributed by atoms with E-state index in [0.29, 0.717) is 18.7 Å². The Bertz CT molecular complexity index is 307. The molecule has 0 aliphatic heterocycles. The Labute approximate surface area is 90.1 Å². The fourth-order valence-electron chi connectivity index (χ4n) is 1.40. The molecule has 0 saturated heterocycles. The first-order valence-corrected chi connectivity index (χ1v) is 5.39. The van der Waals surface area contributed by atoms with Gasteiger partial charge < -0.3 is 0 Å². The second-order valence-electron chi connectivity index (χ2n) is 3.50. The Hall–Kier alpha value is -0.820. The minimum absolute atomic E-state index is 0.274. The van der Waals surface area contributed by atoms with Crippen LogP contribution in [0.3, 0.4) is 0 Å². The van der Waals surface area contributed by atoms with Crippen LogP contribution in [0.5, 0.6) is 0 Å². The van der Waals surface area contributed by atoms with Gasteiger partial charge in [-0.1, -0.05) is 29.8 Å². The third-order valence-electron chi connectivity index (χ3n) is 2.07. The number of halogens is 1. The molecule has 1 aromatic rings. The van der Waals surface area contributed by atoms with Crippen molar-refractivity contribution >= 4 is 17.4 Å². The van der Waals surface area contributed by atoms with Crippen LogP contribution in [-0.4, -0.2) is 11.7 Å². The number of alkyl halides is 1. The Morgan fingerprint density at radius 1 is 1.43 bits per heavy atom. The molecule has 1 rings (SSSR count). The average Bonchev–Trinajstić information content (AvgIpc) is 2.15. The number of hydrogen-bond acceptors (Lipinski definition) is 1. The highest BCUT2D eigenvalue weighted by Crippen LogP contribution is 2.07. The number of carbonyl (C=O) groups is 1. The number of ketones is 1. The third-order valence-corrected chi connectivity index (χ3v) is 2.34. The summed E-state index contributed by atoms with van der Waals surface area (Å²) in [5, 5.41) is 0. The lowest BCUT2D eigenvalue weighted by Gasteiger charge is -2.01. The first-order valence-electron chi connectivity index (χ1n) is 4.85. The highest BCUT2D eigenvalue weighted by Gasteiger charge is 2.02. The van der Waals surface area contributed by atoms with Gasteiger partial charge >= 0.3 is 0 Å². The van der Waals surface area contributed by atoms with Crippen LogP contribution in [0.4, 0.5) is 0 Å². The van der Waals surface area contributed by atoms with Gasteiger partial charge in [-0.05, 0) is 18.9 Å². The predicted molar refractivity (Wildman–Crippen MR) is 59.8 cm³/mol. The van der Waals surface area contributed by atoms with E-state index in [1.54, 1.807) is 0 Å². The fraction of sp³-hybridized carbons (Fsp3) is 0.417. The van der Waals surface area contributed by atoms with Crippen LogP contribution < -0.4 is 0 Å². The summed E-state index contributed by atoms with van der Waals surface area (Å²) in [6, 6.07) is 8.07. The molecule has 0 bridgehead atoms. The summed E-state index contributed by atoms with van der Waals surface area (Å²) in [5.41, 5.74) is 2.30. The number of aryl methyl sites for hydroxylation is 1. The smallest absolute Gasteiger partial charge is 0.137 e. The van der Waals surface area contributed by atoms with Crippen molar-refractivity contribution in [3.05, 3.63) is 35.4 Å². The maximum atomic E-state index is 11.4. The highest BCUT2D eigenvalue weighted by atomic mass is 35.5. The lowest BCUT2D eigenvalue weighted by atomic mass is 10.0. The second kappa shape index (κ2) is 5.82. The number of carbonyl (C=O) groups excluding carboxylic acids is 1. The standard InChI is InChI=1S/C12H15ClO/c1-10-4-2-5-11(8-10)9-12(14)6-3-7-13/h2,4-5,8H,3,6-7,9H2,1H3. The summed E-state index contributed by atoms with van der Waals surface area (Å²) in [6.45, 7) is 2.03. The predicted octanol–water partition coefficient (Wildman–Crippen LogP) is 3.13. The Morgan fingerprint density at radius 3 is 2.86 bits per heavy atom. The molecule has 0 fully saturated rings. The zero-order valence-electron chi connectivity index (χ0n) is 8.42. The largest absolute Gasteiger partial charge is 0.299 e. The minimum atomic E-state index is 0.274. The molecule has 0 heterocycles. The van der Waals surface area contributed by atoms with E-state index in [4.69, 9.17) is 11.6 Å². The minimum Gasteiger partial charge on any atom is -0.299 e. The Kier molecular flexibility index (Phi) is 4.68. The van der Waals surface area contributed by atoms with Crippen molar-refractivity contribution in [2.75, 3.05) is 5.88 Å². The van der Waals surface area contributed by atoms with Gasteiger partial charge in [0.2, 0.25) is 0 Å². The molecule has 0 atom stereocenters. The molecule has 0 spiro atoms. The van der Waals surface area contributed by atoms with Crippen LogP contribution in [0.25, 0.3) is 0 Å². The van der Waals surface area contributed by atoms with Crippen molar-refractivity contribution in [2.45, 2.75) is 26.2 Å². The molecule has 0 aliphatic carbocycles. The molecule has 1 nitrogen and oxygen atoms in total. The van der Waals surface area contributed by atoms with E-state index < -0.39 is 0 Å². The summed E-state index contributed by atoms with van der Waals surface area (Å²) in [7, 11) is 0. The van der Waals surface area contributed by atoms with Crippen LogP contribution in [0, 0.1) is 6.92 Å². The molecule has 2 heteroatoms. The van der Waals surface area contributed by atoms with E-state index in [1.165, 1.54) is 5.56 Å². The molecule has 0 aromatic heterocycles. The summed E-state index contributed by atoms with van der Waals surface area (Å²) in [4.78, 5) is 11.4. The lowest BCUT2D eigenvalue weighted by molar-refractivity contribution is -0.118. The zero-order valence-corrected chi connectivity index (χ0v) is 9.18. The van der Waals surface area contributed by atoms with Crippen LogP contribution in [0.15, 0.2) is 24.3 Å². The van der Waals surface area contributed by atoms with Gasteiger partial charge in [-0.3, -0.25) is 4.79 Å². The molecule has 0 radical (unpaired) electrons. The fourth-order valence-corrected chi connectivity index (χ4v) is 1.54. The van der Waals surface area contributed by atoms with Gasteiger partial charge in [0.05, 0.1) is 0 Å². The Morgan fingerprint density at radius 2 is 2.21 bits per heavy atom. The zero-order chi connectivity index (χ0) is 10.4. The van der Waals surface area contributed by atoms with Crippen molar-refractivity contribution in [3.63, 3.8) is 0 Å². The van der Waals surface area contributed by atoms with Crippen molar-refractivity contribution in [3.8, 4) is 0 Å². The van der Waals surface area contributed by atoms with E-state index in [0.717, 1.165) is 12.0 Å². The van der Waals surface area contributed by atoms with E-state index in [2.05, 4.69) is 6.07 Å². The molecular weight excluding hydrogens is 196 g/mol. The number of rotatable bonds is 5. The van der Waals surface area contributed by atoms with Gasteiger partial charge in [-0.2, -0.15) is 0 Å². The van der Waals surface area contributed by atoms with Gasteiger partial charge in [0.15, 0.2) is 0 Å². The average molecular weight is 211 g/mol. The van der Waals surface area contributed by atoms with Gasteiger partial charge in [0.1, 0.15) is 5.78 Å². The van der Waals surface area contributed by atoms with E-state index in [1.807, 2.05) is 25.1 Å². The van der Waals surface area contributed by atoms with Crippen LogP contribution in [0.1, 0.15) is 24.0 Å². The molecule has 0 unspecified atom stereocenters. The SMILES string of the molecule is Cc1cccc(CC(=O)CCCCl)c1. The number of benzene rings is 1. The quantitative estimate of drug-likeness (QED) is 0.683. The molecule has 0 aliphatic rings. The van der Waals surface area contributed by atoms with Gasteiger partial charge in [-0.25, -0.2) is 0 Å². The summed E-state index contributed by atoms with van der Waals surface area (Å²) in [6.07, 6.45) is 1.92. The number of Topliss-reactive ketones (excluding diaryl/α,β-unsaturated/α-hetero) is 1. The number of hydrogen-bond donors (Lipinski definition) is 0. The topological polar surface area (TPSA) is 17.1 Å². The molecule has 0 saturated carbocycles. The molecule has 14 heavy (non-hydrogen) atoms. The second-order valence-corrected chi connectivity index (χ2v) is 3.88. The Balaban J connectivity index is 2.47. The van der Waals surface area contributed by atoms with E-state index >= 15 is 0 Å². The van der Waals surface area contributed by atoms with E-state index in [9.17, 15) is 4.79 Å². The molecule has 0 N–H and O–H groups in total. The molecular formula is C12H15ClO. The summed E-state index contributed by atoms with van der Waals surface area (Å²) < 4.78 is 0. The monoisotopic (exact) mass is 210 g/mol. The van der Waals surface area contributed by atoms with Crippen LogP contribution in [-0.2, 0) is 11.2 Å². The lowest BCUT2D eigenvalue weighted by Crippen LogP contribution is -2.02. The molecule has 0 amide bonds. The van der Waals surface area contributed by atoms with Crippen molar-refractivity contribution in [1.82, 2.24) is 0 Å². The van der Waals surface area contributed by atoms with E-state index in [-0.39, 0.29) is 5.78 Å². The first kappa shape index (κ1) is 11.3. The van der Waals surface area contributed by atoms with Gasteiger partial charge in [0.25, 0.3) is 0 Å². The van der Waals surface area contributed by atoms with Crippen molar-refractivity contribution in [1.29, 1.82) is 0 Å². The molecule has 76 valence electrons. The van der Waals surface area contributed by atoms with Gasteiger partial charge in [0, 0.05) is 18.7 Å². The summed E-state index contributed by atoms with van der Waals surface area (Å²) >= 11 is 5.52. The first-order chi connectivity index (χ1) is 6.72. The van der Waals surface area contributed by atoms with Crippen molar-refractivity contribution < 1.29 is 4.79 Å². The molecule has 1 aromatic carbocycles. The maximum absolute atomic E-state index is 11.4. The maximum Gasteiger partial charge on any atom is 0.137 e. The van der Waals surface area contributed by atoms with Gasteiger partial charge in [-0.15, -0.1) is 11.6 Å².